The van der Waals surface area contributed by atoms with Crippen molar-refractivity contribution in [2.24, 2.45) is 52.4 Å². The summed E-state index contributed by atoms with van der Waals surface area (Å²) in [4.78, 5) is 26.6. The van der Waals surface area contributed by atoms with E-state index in [0.717, 1.165) is 24.2 Å². The third kappa shape index (κ3) is 22.6. The van der Waals surface area contributed by atoms with E-state index in [1.165, 1.54) is 0 Å². The standard InChI is InChI=1S/2C17H25N5O2.2Cu.2H2O/c2*1-12(14(3)21-23)19-10-16(9-17-7-5-6-8-18-17)11-20-13(2)15(4)22-24;;;;/h2*5-8,16,23-24H,9-11H2,1-4H3;;;2*1H2/q;;2*+1;;/p+2/b2*19-12?,20-13?,21-14+,22-15+;;;;. The number of aliphatic imine (C=N–C) groups is 4. The summed E-state index contributed by atoms with van der Waals surface area (Å²) in [6.07, 6.45) is 5.00. The molecule has 2 heterocycles. The zero-order valence-corrected chi connectivity index (χ0v) is 32.9. The van der Waals surface area contributed by atoms with Crippen LogP contribution < -0.4 is 0 Å². The van der Waals surface area contributed by atoms with E-state index in [1.807, 2.05) is 64.1 Å². The van der Waals surface area contributed by atoms with Crippen LogP contribution in [0.2, 0.25) is 0 Å². The largest absolute Gasteiger partial charge is 1.00 e. The van der Waals surface area contributed by atoms with Gasteiger partial charge in [-0.15, -0.1) is 0 Å². The Balaban J connectivity index is -0.000000411. The van der Waals surface area contributed by atoms with Gasteiger partial charge in [0.2, 0.25) is 0 Å². The van der Waals surface area contributed by atoms with Crippen molar-refractivity contribution in [3.8, 4) is 0 Å². The fourth-order valence-electron chi connectivity index (χ4n) is 3.81. The van der Waals surface area contributed by atoms with Crippen LogP contribution in [-0.2, 0) is 57.9 Å². The predicted octanol–water partition coefficient (Wildman–Crippen LogP) is 3.88. The van der Waals surface area contributed by atoms with Crippen LogP contribution in [0, 0.1) is 11.8 Å². The Morgan fingerprint density at radius 3 is 0.904 bits per heavy atom. The van der Waals surface area contributed by atoms with Gasteiger partial charge in [0.15, 0.2) is 0 Å². The maximum absolute atomic E-state index is 8.81. The molecule has 296 valence electrons. The second kappa shape index (κ2) is 31.5. The van der Waals surface area contributed by atoms with Gasteiger partial charge in [0.05, 0.1) is 45.7 Å². The monoisotopic (exact) mass is 826 g/mol. The summed E-state index contributed by atoms with van der Waals surface area (Å²) in [5.41, 5.74) is 6.70. The van der Waals surface area contributed by atoms with Crippen molar-refractivity contribution in [2.75, 3.05) is 26.2 Å². The zero-order valence-electron chi connectivity index (χ0n) is 31.0. The van der Waals surface area contributed by atoms with E-state index in [2.05, 4.69) is 50.6 Å². The second-order valence-electron chi connectivity index (χ2n) is 11.2. The van der Waals surface area contributed by atoms with Gasteiger partial charge in [-0.25, -0.2) is 0 Å². The molecule has 16 nitrogen and oxygen atoms in total. The van der Waals surface area contributed by atoms with Gasteiger partial charge < -0.3 is 31.8 Å². The first kappa shape index (κ1) is 54.6. The molecule has 52 heavy (non-hydrogen) atoms. The maximum atomic E-state index is 8.81. The Labute approximate surface area is 327 Å². The van der Waals surface area contributed by atoms with E-state index < -0.39 is 0 Å². The van der Waals surface area contributed by atoms with E-state index in [-0.39, 0.29) is 56.9 Å². The fourth-order valence-corrected chi connectivity index (χ4v) is 3.81. The molecule has 0 saturated heterocycles. The summed E-state index contributed by atoms with van der Waals surface area (Å²) in [5.74, 6) is 0.283. The molecule has 10 N–H and O–H groups in total. The molecule has 0 fully saturated rings. The quantitative estimate of drug-likeness (QED) is 0.0641. The Hall–Kier alpha value is -4.18. The van der Waals surface area contributed by atoms with Gasteiger partial charge in [0.25, 0.3) is 0 Å². The molecule has 0 amide bonds. The third-order valence-electron chi connectivity index (χ3n) is 7.49. The number of nitrogens with zero attached hydrogens (tertiary/aromatic N) is 10. The smallest absolute Gasteiger partial charge is 0.457 e. The Bertz CT molecular complexity index is 1330. The average Bonchev–Trinajstić information content (AvgIpc) is 3.12. The topological polar surface area (TPSA) is 272 Å². The summed E-state index contributed by atoms with van der Waals surface area (Å²) in [7, 11) is 0. The van der Waals surface area contributed by atoms with E-state index in [0.29, 0.717) is 71.9 Å². The predicted molar refractivity (Wildman–Crippen MR) is 204 cm³/mol. The molecular weight excluding hydrogens is 772 g/mol. The number of hydrogen-bond donors (Lipinski definition) is 4. The van der Waals surface area contributed by atoms with Gasteiger partial charge in [0.1, 0.15) is 0 Å². The van der Waals surface area contributed by atoms with Crippen LogP contribution in [0.25, 0.3) is 0 Å². The fraction of sp³-hybridized carbons (Fsp3) is 0.471. The summed E-state index contributed by atoms with van der Waals surface area (Å²) in [5, 5.41) is 47.9. The van der Waals surface area contributed by atoms with Crippen LogP contribution in [0.15, 0.2) is 89.4 Å². The van der Waals surface area contributed by atoms with Gasteiger partial charge >= 0.3 is 34.1 Å². The molecule has 0 saturated carbocycles. The molecule has 2 aromatic heterocycles. The van der Waals surface area contributed by atoms with Crippen molar-refractivity contribution in [1.82, 2.24) is 9.97 Å². The number of oxime groups is 4. The van der Waals surface area contributed by atoms with E-state index in [1.54, 1.807) is 40.1 Å². The van der Waals surface area contributed by atoms with Crippen LogP contribution in [0.4, 0.5) is 0 Å². The molecule has 0 spiro atoms. The minimum absolute atomic E-state index is 0. The van der Waals surface area contributed by atoms with Crippen LogP contribution in [0.5, 0.6) is 0 Å². The van der Waals surface area contributed by atoms with Gasteiger partial charge in [-0.3, -0.25) is 29.9 Å². The summed E-state index contributed by atoms with van der Waals surface area (Å²) in [6.45, 7) is 16.2. The van der Waals surface area contributed by atoms with Crippen LogP contribution in [-0.4, -0.2) is 103 Å². The van der Waals surface area contributed by atoms with Crippen molar-refractivity contribution in [3.63, 3.8) is 0 Å². The second-order valence-corrected chi connectivity index (χ2v) is 11.2. The maximum Gasteiger partial charge on any atom is 1.00 e. The SMILES string of the molecule is CC(=NCC(CN=C(C)/C(C)=N/O)Cc1ccccn1)/C(C)=N/O.CC(=NCC(CN=C(C)/C(C)=N/O)Cc1ccccn1)/C(C)=N/O.[Cu+].[Cu+].[OH3+].[OH3+]. The summed E-state index contributed by atoms with van der Waals surface area (Å²) < 4.78 is 0. The van der Waals surface area contributed by atoms with Gasteiger partial charge in [0, 0.05) is 61.8 Å². The molecule has 2 aromatic rings. The van der Waals surface area contributed by atoms with Crippen molar-refractivity contribution >= 4 is 45.7 Å². The first-order valence-electron chi connectivity index (χ1n) is 15.6. The van der Waals surface area contributed by atoms with E-state index >= 15 is 0 Å². The Morgan fingerprint density at radius 2 is 0.712 bits per heavy atom. The molecular formula is C34H56Cu2N10O6+4. The Morgan fingerprint density at radius 1 is 0.462 bits per heavy atom. The van der Waals surface area contributed by atoms with Crippen LogP contribution in [0.3, 0.4) is 0 Å². The average molecular weight is 828 g/mol. The number of rotatable bonds is 16. The normalized spacial score (nSPS) is 14.3. The minimum Gasteiger partial charge on any atom is -0.457 e. The summed E-state index contributed by atoms with van der Waals surface area (Å²) in [6, 6.07) is 11.6. The van der Waals surface area contributed by atoms with E-state index in [4.69, 9.17) is 20.8 Å². The molecule has 0 aliphatic heterocycles. The molecule has 0 radical (unpaired) electrons. The van der Waals surface area contributed by atoms with Crippen molar-refractivity contribution in [3.05, 3.63) is 60.2 Å². The molecule has 18 heteroatoms. The zero-order chi connectivity index (χ0) is 35.9. The number of aromatic nitrogens is 2. The molecule has 0 aromatic carbocycles. The molecule has 0 bridgehead atoms. The summed E-state index contributed by atoms with van der Waals surface area (Å²) >= 11 is 0. The molecule has 0 aliphatic carbocycles. The minimum atomic E-state index is 0. The van der Waals surface area contributed by atoms with Crippen LogP contribution in [0.1, 0.15) is 66.8 Å². The van der Waals surface area contributed by atoms with Gasteiger partial charge in [-0.2, -0.15) is 0 Å². The van der Waals surface area contributed by atoms with Crippen molar-refractivity contribution < 1.29 is 65.9 Å². The molecule has 2 rings (SSSR count). The number of hydrogen-bond acceptors (Lipinski definition) is 14. The van der Waals surface area contributed by atoms with Crippen molar-refractivity contribution in [2.45, 2.75) is 68.2 Å². The molecule has 0 unspecified atom stereocenters. The van der Waals surface area contributed by atoms with Gasteiger partial charge in [-0.1, -0.05) is 32.8 Å². The first-order valence-corrected chi connectivity index (χ1v) is 15.6. The van der Waals surface area contributed by atoms with E-state index in [9.17, 15) is 0 Å². The molecule has 0 atom stereocenters. The Kier molecular flexibility index (Phi) is 33.1. The van der Waals surface area contributed by atoms with Crippen molar-refractivity contribution in [1.29, 1.82) is 0 Å². The van der Waals surface area contributed by atoms with Crippen LogP contribution >= 0.6 is 0 Å². The third-order valence-corrected chi connectivity index (χ3v) is 7.49. The molecule has 0 aliphatic rings. The number of pyridine rings is 2. The van der Waals surface area contributed by atoms with Gasteiger partial charge in [-0.05, 0) is 92.5 Å². The first-order chi connectivity index (χ1) is 22.9.